The number of carbonyl (C=O) groups is 2. The minimum absolute atomic E-state index is 0.0720. The third-order valence-electron chi connectivity index (χ3n) is 5.33. The fourth-order valence-corrected chi connectivity index (χ4v) is 4.17. The van der Waals surface area contributed by atoms with Crippen molar-refractivity contribution in [3.8, 4) is 5.75 Å². The summed E-state index contributed by atoms with van der Waals surface area (Å²) in [5.74, 6) is -1.68. The zero-order chi connectivity index (χ0) is 25.0. The number of nitrogens with zero attached hydrogens (tertiary/aromatic N) is 2. The highest BCUT2D eigenvalue weighted by molar-refractivity contribution is 9.10. The highest BCUT2D eigenvalue weighted by Crippen LogP contribution is 2.28. The summed E-state index contributed by atoms with van der Waals surface area (Å²) < 4.78 is 35.7. The number of carbonyl (C=O) groups excluding carboxylic acids is 1. The quantitative estimate of drug-likeness (QED) is 0.362. The zero-order valence-electron chi connectivity index (χ0n) is 18.9. The molecule has 182 valence electrons. The molecule has 0 aliphatic rings. The summed E-state index contributed by atoms with van der Waals surface area (Å²) in [6.45, 7) is 4.99. The van der Waals surface area contributed by atoms with Crippen molar-refractivity contribution in [1.29, 1.82) is 0 Å². The number of rotatable bonds is 9. The first kappa shape index (κ1) is 25.4. The van der Waals surface area contributed by atoms with E-state index in [0.717, 1.165) is 18.6 Å². The summed E-state index contributed by atoms with van der Waals surface area (Å²) in [6.07, 6.45) is 1.70. The summed E-state index contributed by atoms with van der Waals surface area (Å²) >= 11 is 3.37. The van der Waals surface area contributed by atoms with Crippen molar-refractivity contribution >= 4 is 33.6 Å². The number of benzene rings is 1. The number of hydrogen-bond donors (Lipinski definition) is 3. The van der Waals surface area contributed by atoms with Gasteiger partial charge in [-0.05, 0) is 54.4 Å². The number of nitrogens with one attached hydrogen (secondary N) is 2. The first-order chi connectivity index (χ1) is 16.0. The Morgan fingerprint density at radius 1 is 1.29 bits per heavy atom. The molecule has 8 nitrogen and oxygen atoms in total. The second-order valence-corrected chi connectivity index (χ2v) is 9.09. The molecule has 0 bridgehead atoms. The molecule has 2 aromatic heterocycles. The third-order valence-corrected chi connectivity index (χ3v) is 5.76. The maximum Gasteiger partial charge on any atom is 0.405 e. The fraction of sp³-hybridized carbons (Fsp3) is 0.348. The number of fused-ring (bicyclic) bond motifs is 1. The molecule has 1 aromatic carbocycles. The van der Waals surface area contributed by atoms with Gasteiger partial charge in [0.2, 0.25) is 0 Å². The van der Waals surface area contributed by atoms with Crippen LogP contribution in [0.25, 0.3) is 5.65 Å². The zero-order valence-corrected chi connectivity index (χ0v) is 20.5. The first-order valence-electron chi connectivity index (χ1n) is 10.6. The standard InChI is InChI=1S/C23H25BrF2N4O4/c1-4-8-23(3,29-22(32)33)12-27-21(31)19-13(2)28-20-18(9-14(24)10-30(19)20)34-11-15-16(25)6-5-7-17(15)26/h5-7,9-10,29H,4,8,11-12H2,1-3H3,(H,27,31)(H,32,33). The van der Waals surface area contributed by atoms with E-state index < -0.39 is 29.2 Å². The molecule has 0 aliphatic carbocycles. The molecule has 3 N–H and O–H groups in total. The molecule has 0 radical (unpaired) electrons. The van der Waals surface area contributed by atoms with Crippen molar-refractivity contribution in [1.82, 2.24) is 20.0 Å². The molecule has 2 heterocycles. The second kappa shape index (κ2) is 10.4. The van der Waals surface area contributed by atoms with Gasteiger partial charge >= 0.3 is 6.09 Å². The van der Waals surface area contributed by atoms with Crippen molar-refractivity contribution in [2.45, 2.75) is 45.8 Å². The van der Waals surface area contributed by atoms with Gasteiger partial charge in [0.1, 0.15) is 23.9 Å². The highest BCUT2D eigenvalue weighted by Gasteiger charge is 2.28. The first-order valence-corrected chi connectivity index (χ1v) is 11.4. The van der Waals surface area contributed by atoms with E-state index in [1.54, 1.807) is 26.1 Å². The normalized spacial score (nSPS) is 12.9. The van der Waals surface area contributed by atoms with Crippen LogP contribution in [0, 0.1) is 18.6 Å². The van der Waals surface area contributed by atoms with Crippen LogP contribution < -0.4 is 15.4 Å². The van der Waals surface area contributed by atoms with E-state index in [9.17, 15) is 18.4 Å². The van der Waals surface area contributed by atoms with Crippen LogP contribution >= 0.6 is 15.9 Å². The van der Waals surface area contributed by atoms with Crippen molar-refractivity contribution in [3.63, 3.8) is 0 Å². The Balaban J connectivity index is 1.88. The minimum Gasteiger partial charge on any atom is -0.485 e. The summed E-state index contributed by atoms with van der Waals surface area (Å²) in [7, 11) is 0. The van der Waals surface area contributed by atoms with Gasteiger partial charge in [-0.2, -0.15) is 0 Å². The molecule has 1 unspecified atom stereocenters. The summed E-state index contributed by atoms with van der Waals surface area (Å²) in [5, 5.41) is 14.4. The van der Waals surface area contributed by atoms with E-state index >= 15 is 0 Å². The van der Waals surface area contributed by atoms with Crippen LogP contribution in [0.5, 0.6) is 5.75 Å². The molecule has 0 fully saturated rings. The average Bonchev–Trinajstić information content (AvgIpc) is 3.07. The third kappa shape index (κ3) is 5.64. The van der Waals surface area contributed by atoms with Gasteiger partial charge in [-0.3, -0.25) is 9.20 Å². The van der Waals surface area contributed by atoms with E-state index in [1.807, 2.05) is 6.92 Å². The number of ether oxygens (including phenoxy) is 1. The van der Waals surface area contributed by atoms with Crippen molar-refractivity contribution in [2.75, 3.05) is 6.54 Å². The molecular formula is C23H25BrF2N4O4. The smallest absolute Gasteiger partial charge is 0.405 e. The van der Waals surface area contributed by atoms with Crippen molar-refractivity contribution in [2.24, 2.45) is 0 Å². The molecule has 0 saturated heterocycles. The molecule has 0 spiro atoms. The van der Waals surface area contributed by atoms with Gasteiger partial charge in [-0.15, -0.1) is 0 Å². The van der Waals surface area contributed by atoms with Gasteiger partial charge in [0.25, 0.3) is 5.91 Å². The number of halogens is 3. The van der Waals surface area contributed by atoms with Crippen LogP contribution in [0.3, 0.4) is 0 Å². The summed E-state index contributed by atoms with van der Waals surface area (Å²) in [4.78, 5) is 28.7. The van der Waals surface area contributed by atoms with E-state index in [-0.39, 0.29) is 30.2 Å². The Bertz CT molecular complexity index is 1210. The van der Waals surface area contributed by atoms with Gasteiger partial charge < -0.3 is 20.5 Å². The predicted octanol–water partition coefficient (Wildman–Crippen LogP) is 4.82. The molecule has 34 heavy (non-hydrogen) atoms. The lowest BCUT2D eigenvalue weighted by molar-refractivity contribution is 0.0929. The molecule has 0 aliphatic heterocycles. The van der Waals surface area contributed by atoms with E-state index in [0.29, 0.717) is 22.2 Å². The minimum atomic E-state index is -1.17. The molecule has 3 aromatic rings. The van der Waals surface area contributed by atoms with Crippen molar-refractivity contribution in [3.05, 3.63) is 63.5 Å². The molecule has 1 atom stereocenters. The number of aryl methyl sites for hydroxylation is 1. The Kier molecular flexibility index (Phi) is 7.75. The summed E-state index contributed by atoms with van der Waals surface area (Å²) in [5.41, 5.74) is -0.137. The van der Waals surface area contributed by atoms with Crippen LogP contribution in [0.1, 0.15) is 48.4 Å². The van der Waals surface area contributed by atoms with E-state index in [2.05, 4.69) is 31.5 Å². The Hall–Kier alpha value is -3.21. The Morgan fingerprint density at radius 3 is 2.59 bits per heavy atom. The number of pyridine rings is 1. The van der Waals surface area contributed by atoms with Crippen LogP contribution in [-0.4, -0.2) is 38.6 Å². The molecule has 2 amide bonds. The fourth-order valence-electron chi connectivity index (χ4n) is 3.76. The highest BCUT2D eigenvalue weighted by atomic mass is 79.9. The van der Waals surface area contributed by atoms with Crippen molar-refractivity contribution < 1.29 is 28.2 Å². The van der Waals surface area contributed by atoms with Crippen LogP contribution in [0.15, 0.2) is 34.9 Å². The van der Waals surface area contributed by atoms with Gasteiger partial charge in [0.15, 0.2) is 11.4 Å². The number of carboxylic acid groups (broad SMARTS) is 1. The van der Waals surface area contributed by atoms with Crippen LogP contribution in [-0.2, 0) is 6.61 Å². The molecule has 11 heteroatoms. The average molecular weight is 539 g/mol. The number of amides is 2. The number of aromatic nitrogens is 2. The molecular weight excluding hydrogens is 514 g/mol. The van der Waals surface area contributed by atoms with E-state index in [4.69, 9.17) is 9.84 Å². The van der Waals surface area contributed by atoms with Crippen LogP contribution in [0.4, 0.5) is 13.6 Å². The van der Waals surface area contributed by atoms with Gasteiger partial charge in [0.05, 0.1) is 16.8 Å². The Labute approximate surface area is 203 Å². The molecule has 0 saturated carbocycles. The second-order valence-electron chi connectivity index (χ2n) is 8.17. The lowest BCUT2D eigenvalue weighted by Crippen LogP contribution is -2.53. The maximum absolute atomic E-state index is 14.0. The van der Waals surface area contributed by atoms with Gasteiger partial charge in [-0.25, -0.2) is 18.6 Å². The number of hydrogen-bond acceptors (Lipinski definition) is 4. The molecule has 3 rings (SSSR count). The largest absolute Gasteiger partial charge is 0.485 e. The number of imidazole rings is 1. The monoisotopic (exact) mass is 538 g/mol. The summed E-state index contributed by atoms with van der Waals surface area (Å²) in [6, 6.07) is 5.15. The maximum atomic E-state index is 14.0. The van der Waals surface area contributed by atoms with Gasteiger partial charge in [0, 0.05) is 17.2 Å². The van der Waals surface area contributed by atoms with Gasteiger partial charge in [-0.1, -0.05) is 19.4 Å². The predicted molar refractivity (Wildman–Crippen MR) is 125 cm³/mol. The topological polar surface area (TPSA) is 105 Å². The van der Waals surface area contributed by atoms with Crippen LogP contribution in [0.2, 0.25) is 0 Å². The SMILES string of the molecule is CCCC(C)(CNC(=O)c1c(C)nc2c(OCc3c(F)cccc3F)cc(Br)cn12)NC(=O)O. The van der Waals surface area contributed by atoms with E-state index in [1.165, 1.54) is 10.5 Å². The Morgan fingerprint density at radius 2 is 1.97 bits per heavy atom. The lowest BCUT2D eigenvalue weighted by atomic mass is 9.96. The lowest BCUT2D eigenvalue weighted by Gasteiger charge is -2.29.